The predicted octanol–water partition coefficient (Wildman–Crippen LogP) is 2.93. The van der Waals surface area contributed by atoms with Crippen LogP contribution < -0.4 is 5.32 Å². The van der Waals surface area contributed by atoms with E-state index in [4.69, 9.17) is 0 Å². The molecule has 1 N–H and O–H groups in total. The van der Waals surface area contributed by atoms with E-state index in [-0.39, 0.29) is 5.54 Å². The molecule has 1 rings (SSSR count). The van der Waals surface area contributed by atoms with Crippen LogP contribution in [0.5, 0.6) is 0 Å². The van der Waals surface area contributed by atoms with Crippen molar-refractivity contribution in [3.63, 3.8) is 0 Å². The van der Waals surface area contributed by atoms with E-state index in [2.05, 4.69) is 71.0 Å². The molecule has 0 saturated carbocycles. The van der Waals surface area contributed by atoms with Crippen LogP contribution in [0.3, 0.4) is 0 Å². The molecular formula is C14H26N2. The molecule has 0 amide bonds. The van der Waals surface area contributed by atoms with Gasteiger partial charge in [-0.3, -0.25) is 0 Å². The first-order valence-electron chi connectivity index (χ1n) is 6.21. The first kappa shape index (κ1) is 13.3. The third kappa shape index (κ3) is 1.80. The molecule has 2 nitrogen and oxygen atoms in total. The second-order valence-corrected chi connectivity index (χ2v) is 5.14. The third-order valence-electron chi connectivity index (χ3n) is 4.09. The van der Waals surface area contributed by atoms with Gasteiger partial charge in [-0.15, -0.1) is 0 Å². The Balaban J connectivity index is 3.25. The Morgan fingerprint density at radius 3 is 2.38 bits per heavy atom. The largest absolute Gasteiger partial charge is 0.364 e. The van der Waals surface area contributed by atoms with Gasteiger partial charge in [-0.05, 0) is 60.2 Å². The minimum Gasteiger partial charge on any atom is -0.364 e. The Bertz CT molecular complexity index is 315. The highest BCUT2D eigenvalue weighted by Gasteiger charge is 2.44. The van der Waals surface area contributed by atoms with E-state index in [0.29, 0.717) is 12.1 Å². The molecule has 1 aliphatic heterocycles. The van der Waals surface area contributed by atoms with Gasteiger partial charge in [0.1, 0.15) is 0 Å². The van der Waals surface area contributed by atoms with Crippen LogP contribution in [-0.2, 0) is 0 Å². The molecule has 0 aromatic rings. The molecule has 0 fully saturated rings. The van der Waals surface area contributed by atoms with Gasteiger partial charge in [-0.25, -0.2) is 0 Å². The maximum Gasteiger partial charge on any atom is 0.0587 e. The smallest absolute Gasteiger partial charge is 0.0587 e. The van der Waals surface area contributed by atoms with E-state index in [1.165, 1.54) is 11.3 Å². The van der Waals surface area contributed by atoms with Gasteiger partial charge >= 0.3 is 0 Å². The van der Waals surface area contributed by atoms with Crippen LogP contribution >= 0.6 is 0 Å². The number of hydrogen-bond acceptors (Lipinski definition) is 2. The summed E-state index contributed by atoms with van der Waals surface area (Å²) in [5, 5.41) is 3.48. The first-order chi connectivity index (χ1) is 7.40. The van der Waals surface area contributed by atoms with Gasteiger partial charge in [0.15, 0.2) is 0 Å². The van der Waals surface area contributed by atoms with E-state index in [1.807, 2.05) is 0 Å². The fourth-order valence-corrected chi connectivity index (χ4v) is 2.75. The summed E-state index contributed by atoms with van der Waals surface area (Å²) in [6, 6.07) is 1.02. The summed E-state index contributed by atoms with van der Waals surface area (Å²) >= 11 is 0. The van der Waals surface area contributed by atoms with Crippen molar-refractivity contribution < 1.29 is 0 Å². The van der Waals surface area contributed by atoms with Crippen LogP contribution in [0, 0.1) is 0 Å². The van der Waals surface area contributed by atoms with Crippen LogP contribution in [0.4, 0.5) is 0 Å². The minimum absolute atomic E-state index is 0.0825. The summed E-state index contributed by atoms with van der Waals surface area (Å²) in [5.74, 6) is 0. The summed E-state index contributed by atoms with van der Waals surface area (Å²) in [5.41, 5.74) is 2.90. The lowest BCUT2D eigenvalue weighted by molar-refractivity contribution is 0.188. The third-order valence-corrected chi connectivity index (χ3v) is 4.09. The van der Waals surface area contributed by atoms with E-state index >= 15 is 0 Å². The number of nitrogens with zero attached hydrogens (tertiary/aromatic N) is 1. The summed E-state index contributed by atoms with van der Waals surface area (Å²) in [4.78, 5) is 2.51. The molecule has 0 spiro atoms. The average Bonchev–Trinajstić information content (AvgIpc) is 2.42. The fraction of sp³-hybridized carbons (Fsp3) is 0.714. The molecule has 16 heavy (non-hydrogen) atoms. The number of rotatable bonds is 3. The zero-order valence-electron chi connectivity index (χ0n) is 11.8. The predicted molar refractivity (Wildman–Crippen MR) is 71.4 cm³/mol. The van der Waals surface area contributed by atoms with Crippen molar-refractivity contribution >= 4 is 0 Å². The number of nitrogens with one attached hydrogen (secondary N) is 1. The molecule has 0 aliphatic carbocycles. The van der Waals surface area contributed by atoms with Crippen LogP contribution in [0.2, 0.25) is 0 Å². The fourth-order valence-electron chi connectivity index (χ4n) is 2.75. The molecule has 0 saturated heterocycles. The van der Waals surface area contributed by atoms with Gasteiger partial charge in [0, 0.05) is 17.8 Å². The van der Waals surface area contributed by atoms with Gasteiger partial charge < -0.3 is 10.2 Å². The Morgan fingerprint density at radius 1 is 1.44 bits per heavy atom. The summed E-state index contributed by atoms with van der Waals surface area (Å²) in [6.07, 6.45) is 4.36. The standard InChI is InChI=1S/C14H26N2/c1-8-9-13-11(4)14(6,15-7)12(5)16(13)10(2)3/h8-10,12,15H,1-7H3/b9-8-. The van der Waals surface area contributed by atoms with Crippen molar-refractivity contribution in [3.05, 3.63) is 23.4 Å². The molecule has 2 heteroatoms. The van der Waals surface area contributed by atoms with E-state index in [0.717, 1.165) is 0 Å². The Kier molecular flexibility index (Phi) is 3.84. The van der Waals surface area contributed by atoms with Crippen molar-refractivity contribution in [3.8, 4) is 0 Å². The van der Waals surface area contributed by atoms with Crippen molar-refractivity contribution in [2.75, 3.05) is 7.05 Å². The highest BCUT2D eigenvalue weighted by molar-refractivity contribution is 5.39. The van der Waals surface area contributed by atoms with Crippen molar-refractivity contribution in [2.45, 2.75) is 59.2 Å². The second kappa shape index (κ2) is 4.62. The second-order valence-electron chi connectivity index (χ2n) is 5.14. The number of hydrogen-bond donors (Lipinski definition) is 1. The normalized spacial score (nSPS) is 31.2. The SMILES string of the molecule is C/C=C\C1=C(C)C(C)(NC)C(C)N1C(C)C. The lowest BCUT2D eigenvalue weighted by Gasteiger charge is -2.38. The number of likely N-dealkylation sites (N-methyl/N-ethyl adjacent to an activating group) is 1. The van der Waals surface area contributed by atoms with Crippen molar-refractivity contribution in [1.29, 1.82) is 0 Å². The molecule has 0 aromatic carbocycles. The molecule has 2 atom stereocenters. The van der Waals surface area contributed by atoms with E-state index < -0.39 is 0 Å². The number of allylic oxidation sites excluding steroid dienone is 2. The lowest BCUT2D eigenvalue weighted by atomic mass is 9.88. The molecular weight excluding hydrogens is 196 g/mol. The Labute approximate surface area is 100 Å². The highest BCUT2D eigenvalue weighted by atomic mass is 15.3. The van der Waals surface area contributed by atoms with E-state index in [1.54, 1.807) is 0 Å². The summed E-state index contributed by atoms with van der Waals surface area (Å²) < 4.78 is 0. The molecule has 1 heterocycles. The maximum atomic E-state index is 3.48. The topological polar surface area (TPSA) is 15.3 Å². The molecule has 0 aromatic heterocycles. The maximum absolute atomic E-state index is 3.48. The van der Waals surface area contributed by atoms with Crippen LogP contribution in [0.1, 0.15) is 41.5 Å². The van der Waals surface area contributed by atoms with E-state index in [9.17, 15) is 0 Å². The van der Waals surface area contributed by atoms with Gasteiger partial charge in [0.25, 0.3) is 0 Å². The molecule has 92 valence electrons. The van der Waals surface area contributed by atoms with Crippen molar-refractivity contribution in [2.24, 2.45) is 0 Å². The van der Waals surface area contributed by atoms with Gasteiger partial charge in [0.05, 0.1) is 5.54 Å². The molecule has 0 bridgehead atoms. The summed E-state index contributed by atoms with van der Waals surface area (Å²) in [6.45, 7) is 13.4. The quantitative estimate of drug-likeness (QED) is 0.790. The summed E-state index contributed by atoms with van der Waals surface area (Å²) in [7, 11) is 2.05. The monoisotopic (exact) mass is 222 g/mol. The minimum atomic E-state index is 0.0825. The Morgan fingerprint density at radius 2 is 2.00 bits per heavy atom. The lowest BCUT2D eigenvalue weighted by Crippen LogP contribution is -2.53. The molecule has 0 radical (unpaired) electrons. The first-order valence-corrected chi connectivity index (χ1v) is 6.21. The highest BCUT2D eigenvalue weighted by Crippen LogP contribution is 2.38. The zero-order valence-corrected chi connectivity index (χ0v) is 11.8. The van der Waals surface area contributed by atoms with Crippen LogP contribution in [0.15, 0.2) is 23.4 Å². The van der Waals surface area contributed by atoms with Gasteiger partial charge in [-0.2, -0.15) is 0 Å². The van der Waals surface area contributed by atoms with Crippen LogP contribution in [0.25, 0.3) is 0 Å². The molecule has 2 unspecified atom stereocenters. The molecule has 1 aliphatic rings. The van der Waals surface area contributed by atoms with Crippen molar-refractivity contribution in [1.82, 2.24) is 10.2 Å². The van der Waals surface area contributed by atoms with Gasteiger partial charge in [-0.1, -0.05) is 6.08 Å². The van der Waals surface area contributed by atoms with Crippen LogP contribution in [-0.4, -0.2) is 29.6 Å². The average molecular weight is 222 g/mol. The Hall–Kier alpha value is -0.760. The zero-order chi connectivity index (χ0) is 12.5. The van der Waals surface area contributed by atoms with Gasteiger partial charge in [0.2, 0.25) is 0 Å².